The van der Waals surface area contributed by atoms with Gasteiger partial charge >= 0.3 is 0 Å². The number of hydrogen-bond donors (Lipinski definition) is 2. The van der Waals surface area contributed by atoms with E-state index in [1.165, 1.54) is 11.1 Å². The molecule has 0 atom stereocenters. The first-order valence-corrected chi connectivity index (χ1v) is 6.33. The zero-order chi connectivity index (χ0) is 14.2. The van der Waals surface area contributed by atoms with Gasteiger partial charge in [0.05, 0.1) is 12.8 Å². The maximum absolute atomic E-state index is 5.69. The molecule has 0 amide bonds. The molecule has 0 aliphatic rings. The van der Waals surface area contributed by atoms with E-state index in [2.05, 4.69) is 50.0 Å². The third kappa shape index (κ3) is 2.57. The van der Waals surface area contributed by atoms with Crippen LogP contribution in [0.1, 0.15) is 31.9 Å². The summed E-state index contributed by atoms with van der Waals surface area (Å²) in [6, 6.07) is 6.08. The predicted molar refractivity (Wildman–Crippen MR) is 78.4 cm³/mol. The molecule has 0 aliphatic heterocycles. The third-order valence-electron chi connectivity index (χ3n) is 3.13. The molecule has 1 aromatic carbocycles. The highest BCUT2D eigenvalue weighted by Crippen LogP contribution is 2.39. The molecule has 2 aromatic rings. The summed E-state index contributed by atoms with van der Waals surface area (Å²) in [4.78, 5) is 0. The zero-order valence-electron chi connectivity index (χ0n) is 12.2. The SMILES string of the molecule is COc1c(-c2cc(N)n[nH]2)cc(C)cc1C(C)(C)C. The maximum Gasteiger partial charge on any atom is 0.145 e. The molecule has 102 valence electrons. The van der Waals surface area contributed by atoms with Crippen LogP contribution in [0.4, 0.5) is 5.82 Å². The van der Waals surface area contributed by atoms with Gasteiger partial charge in [-0.2, -0.15) is 5.10 Å². The highest BCUT2D eigenvalue weighted by atomic mass is 16.5. The number of aryl methyl sites for hydroxylation is 1. The molecule has 0 radical (unpaired) electrons. The van der Waals surface area contributed by atoms with Crippen molar-refractivity contribution >= 4 is 5.82 Å². The second kappa shape index (κ2) is 4.61. The van der Waals surface area contributed by atoms with Gasteiger partial charge in [0.25, 0.3) is 0 Å². The molecule has 0 saturated heterocycles. The number of ether oxygens (including phenoxy) is 1. The summed E-state index contributed by atoms with van der Waals surface area (Å²) in [5.74, 6) is 1.36. The second-order valence-corrected chi connectivity index (χ2v) is 5.85. The van der Waals surface area contributed by atoms with Crippen molar-refractivity contribution in [3.05, 3.63) is 29.3 Å². The number of H-pyrrole nitrogens is 1. The zero-order valence-corrected chi connectivity index (χ0v) is 12.2. The molecule has 19 heavy (non-hydrogen) atoms. The first-order chi connectivity index (χ1) is 8.82. The van der Waals surface area contributed by atoms with Crippen LogP contribution in [0.25, 0.3) is 11.3 Å². The number of aromatic amines is 1. The van der Waals surface area contributed by atoms with Gasteiger partial charge in [-0.15, -0.1) is 0 Å². The maximum atomic E-state index is 5.69. The van der Waals surface area contributed by atoms with Crippen LogP contribution >= 0.6 is 0 Å². The summed E-state index contributed by atoms with van der Waals surface area (Å²) >= 11 is 0. The van der Waals surface area contributed by atoms with E-state index in [0.29, 0.717) is 5.82 Å². The molecule has 0 fully saturated rings. The minimum atomic E-state index is 0.0116. The summed E-state index contributed by atoms with van der Waals surface area (Å²) in [6.07, 6.45) is 0. The quantitative estimate of drug-likeness (QED) is 0.870. The van der Waals surface area contributed by atoms with E-state index in [1.54, 1.807) is 7.11 Å². The third-order valence-corrected chi connectivity index (χ3v) is 3.13. The molecular formula is C15H21N3O. The van der Waals surface area contributed by atoms with Gasteiger partial charge in [-0.3, -0.25) is 5.10 Å². The van der Waals surface area contributed by atoms with Gasteiger partial charge in [0, 0.05) is 17.2 Å². The van der Waals surface area contributed by atoms with Gasteiger partial charge in [-0.05, 0) is 24.0 Å². The molecule has 2 rings (SSSR count). The first-order valence-electron chi connectivity index (χ1n) is 6.33. The Hall–Kier alpha value is -1.97. The van der Waals surface area contributed by atoms with Crippen LogP contribution in [-0.2, 0) is 5.41 Å². The number of benzene rings is 1. The highest BCUT2D eigenvalue weighted by Gasteiger charge is 2.23. The van der Waals surface area contributed by atoms with Gasteiger partial charge in [0.2, 0.25) is 0 Å². The van der Waals surface area contributed by atoms with E-state index >= 15 is 0 Å². The normalized spacial score (nSPS) is 11.6. The number of hydrogen-bond acceptors (Lipinski definition) is 3. The first kappa shape index (κ1) is 13.5. The number of anilines is 1. The fraction of sp³-hybridized carbons (Fsp3) is 0.400. The van der Waals surface area contributed by atoms with Crippen molar-refractivity contribution in [1.82, 2.24) is 10.2 Å². The van der Waals surface area contributed by atoms with Crippen molar-refractivity contribution in [2.45, 2.75) is 33.1 Å². The largest absolute Gasteiger partial charge is 0.496 e. The van der Waals surface area contributed by atoms with Crippen molar-refractivity contribution < 1.29 is 4.74 Å². The van der Waals surface area contributed by atoms with Crippen LogP contribution < -0.4 is 10.5 Å². The minimum absolute atomic E-state index is 0.0116. The smallest absolute Gasteiger partial charge is 0.145 e. The van der Waals surface area contributed by atoms with Gasteiger partial charge in [0.15, 0.2) is 0 Å². The summed E-state index contributed by atoms with van der Waals surface area (Å²) in [7, 11) is 1.70. The lowest BCUT2D eigenvalue weighted by Crippen LogP contribution is -2.13. The van der Waals surface area contributed by atoms with E-state index < -0.39 is 0 Å². The molecule has 0 unspecified atom stereocenters. The Labute approximate surface area is 114 Å². The van der Waals surface area contributed by atoms with Crippen LogP contribution in [-0.4, -0.2) is 17.3 Å². The van der Waals surface area contributed by atoms with Crippen LogP contribution in [0.3, 0.4) is 0 Å². The van der Waals surface area contributed by atoms with Gasteiger partial charge in [-0.1, -0.05) is 26.8 Å². The molecule has 0 aliphatic carbocycles. The lowest BCUT2D eigenvalue weighted by Gasteiger charge is -2.24. The van der Waals surface area contributed by atoms with Crippen LogP contribution in [0.2, 0.25) is 0 Å². The van der Waals surface area contributed by atoms with Crippen molar-refractivity contribution in [2.24, 2.45) is 0 Å². The summed E-state index contributed by atoms with van der Waals surface area (Å²) in [5.41, 5.74) is 9.94. The van der Waals surface area contributed by atoms with E-state index in [1.807, 2.05) is 6.07 Å². The van der Waals surface area contributed by atoms with E-state index in [0.717, 1.165) is 17.0 Å². The lowest BCUT2D eigenvalue weighted by atomic mass is 9.83. The molecule has 4 nitrogen and oxygen atoms in total. The van der Waals surface area contributed by atoms with E-state index in [9.17, 15) is 0 Å². The van der Waals surface area contributed by atoms with Crippen LogP contribution in [0, 0.1) is 6.92 Å². The van der Waals surface area contributed by atoms with E-state index in [-0.39, 0.29) is 5.41 Å². The van der Waals surface area contributed by atoms with Gasteiger partial charge in [-0.25, -0.2) is 0 Å². The van der Waals surface area contributed by atoms with Crippen molar-refractivity contribution in [2.75, 3.05) is 12.8 Å². The number of rotatable bonds is 2. The number of methoxy groups -OCH3 is 1. The highest BCUT2D eigenvalue weighted by molar-refractivity contribution is 5.72. The minimum Gasteiger partial charge on any atom is -0.496 e. The summed E-state index contributed by atoms with van der Waals surface area (Å²) < 4.78 is 5.63. The lowest BCUT2D eigenvalue weighted by molar-refractivity contribution is 0.399. The fourth-order valence-electron chi connectivity index (χ4n) is 2.23. The fourth-order valence-corrected chi connectivity index (χ4v) is 2.23. The molecule has 1 aromatic heterocycles. The van der Waals surface area contributed by atoms with Crippen LogP contribution in [0.15, 0.2) is 18.2 Å². The molecule has 0 bridgehead atoms. The standard InChI is InChI=1S/C15H21N3O/c1-9-6-10(12-8-13(16)18-17-12)14(19-5)11(7-9)15(2,3)4/h6-8H,1-5H3,(H3,16,17,18). The topological polar surface area (TPSA) is 63.9 Å². The molecule has 0 saturated carbocycles. The average Bonchev–Trinajstić information content (AvgIpc) is 2.73. The van der Waals surface area contributed by atoms with Crippen molar-refractivity contribution in [1.29, 1.82) is 0 Å². The Morgan fingerprint density at radius 2 is 1.89 bits per heavy atom. The van der Waals surface area contributed by atoms with Crippen molar-refractivity contribution in [3.8, 4) is 17.0 Å². The second-order valence-electron chi connectivity index (χ2n) is 5.85. The predicted octanol–water partition coefficient (Wildman–Crippen LogP) is 3.27. The monoisotopic (exact) mass is 259 g/mol. The Balaban J connectivity index is 2.70. The Morgan fingerprint density at radius 3 is 2.37 bits per heavy atom. The number of nitrogens with zero attached hydrogens (tertiary/aromatic N) is 1. The average molecular weight is 259 g/mol. The van der Waals surface area contributed by atoms with Gasteiger partial charge in [0.1, 0.15) is 11.6 Å². The molecule has 3 N–H and O–H groups in total. The molecule has 1 heterocycles. The Kier molecular flexibility index (Phi) is 3.27. The van der Waals surface area contributed by atoms with Crippen molar-refractivity contribution in [3.63, 3.8) is 0 Å². The van der Waals surface area contributed by atoms with Crippen LogP contribution in [0.5, 0.6) is 5.75 Å². The Morgan fingerprint density at radius 1 is 1.21 bits per heavy atom. The number of nitrogens with one attached hydrogen (secondary N) is 1. The number of aromatic nitrogens is 2. The van der Waals surface area contributed by atoms with Gasteiger partial charge < -0.3 is 10.5 Å². The molecular weight excluding hydrogens is 238 g/mol. The molecule has 4 heteroatoms. The summed E-state index contributed by atoms with van der Waals surface area (Å²) in [6.45, 7) is 8.61. The number of nitrogens with two attached hydrogens (primary N) is 1. The number of nitrogen functional groups attached to an aromatic ring is 1. The molecule has 0 spiro atoms. The Bertz CT molecular complexity index is 594. The summed E-state index contributed by atoms with van der Waals surface area (Å²) in [5, 5.41) is 6.93. The van der Waals surface area contributed by atoms with E-state index in [4.69, 9.17) is 10.5 Å².